The fourth-order valence-corrected chi connectivity index (χ4v) is 4.93. The molecule has 0 amide bonds. The topological polar surface area (TPSA) is 24.4 Å². The standard InChI is InChI=1S/C23H42N2/c1-6-8-11-17(3)20-13-10-14-22-21(16-15-20)19(5)24-25-23(22)18(4)12-9-7-2/h17-18,20,22,24H,6-16H2,1-5H3. The number of fused-ring (bicyclic) bond motifs is 1. The summed E-state index contributed by atoms with van der Waals surface area (Å²) in [6, 6.07) is 0. The fourth-order valence-electron chi connectivity index (χ4n) is 4.93. The molecule has 1 N–H and O–H groups in total. The second kappa shape index (κ2) is 10.4. The molecule has 0 aromatic carbocycles. The molecule has 2 rings (SSSR count). The van der Waals surface area contributed by atoms with Crippen molar-refractivity contribution in [2.45, 2.75) is 105 Å². The van der Waals surface area contributed by atoms with Crippen LogP contribution in [-0.4, -0.2) is 5.71 Å². The third kappa shape index (κ3) is 5.59. The lowest BCUT2D eigenvalue weighted by atomic mass is 9.73. The van der Waals surface area contributed by atoms with Crippen molar-refractivity contribution in [3.63, 3.8) is 0 Å². The van der Waals surface area contributed by atoms with Gasteiger partial charge in [-0.2, -0.15) is 5.10 Å². The molecule has 1 aliphatic heterocycles. The first kappa shape index (κ1) is 20.5. The van der Waals surface area contributed by atoms with Crippen LogP contribution in [0.3, 0.4) is 0 Å². The number of allylic oxidation sites excluding steroid dienone is 2. The first-order valence-corrected chi connectivity index (χ1v) is 11.1. The average molecular weight is 347 g/mol. The van der Waals surface area contributed by atoms with Crippen LogP contribution < -0.4 is 5.43 Å². The normalized spacial score (nSPS) is 26.8. The van der Waals surface area contributed by atoms with E-state index in [1.54, 1.807) is 5.57 Å². The number of unbranched alkanes of at least 4 members (excludes halogenated alkanes) is 2. The van der Waals surface area contributed by atoms with E-state index in [2.05, 4.69) is 40.0 Å². The van der Waals surface area contributed by atoms with Gasteiger partial charge in [0.1, 0.15) is 0 Å². The third-order valence-electron chi connectivity index (χ3n) is 6.78. The highest BCUT2D eigenvalue weighted by atomic mass is 15.3. The summed E-state index contributed by atoms with van der Waals surface area (Å²) >= 11 is 0. The van der Waals surface area contributed by atoms with Gasteiger partial charge in [0.05, 0.1) is 0 Å². The average Bonchev–Trinajstić information content (AvgIpc) is 2.58. The largest absolute Gasteiger partial charge is 0.283 e. The molecule has 4 atom stereocenters. The number of nitrogens with zero attached hydrogens (tertiary/aromatic N) is 1. The molecule has 2 nitrogen and oxygen atoms in total. The molecule has 144 valence electrons. The van der Waals surface area contributed by atoms with Crippen molar-refractivity contribution >= 4 is 5.71 Å². The van der Waals surface area contributed by atoms with E-state index < -0.39 is 0 Å². The highest BCUT2D eigenvalue weighted by Gasteiger charge is 2.31. The summed E-state index contributed by atoms with van der Waals surface area (Å²) in [6.45, 7) is 11.7. The minimum absolute atomic E-state index is 0.624. The van der Waals surface area contributed by atoms with Gasteiger partial charge in [-0.15, -0.1) is 0 Å². The van der Waals surface area contributed by atoms with Crippen molar-refractivity contribution in [1.29, 1.82) is 0 Å². The molecule has 0 saturated heterocycles. The first-order valence-electron chi connectivity index (χ1n) is 11.1. The number of hydrogen-bond donors (Lipinski definition) is 1. The van der Waals surface area contributed by atoms with Gasteiger partial charge in [-0.05, 0) is 55.9 Å². The highest BCUT2D eigenvalue weighted by Crippen LogP contribution is 2.39. The van der Waals surface area contributed by atoms with Crippen LogP contribution in [0.5, 0.6) is 0 Å². The molecule has 0 aromatic heterocycles. The molecule has 1 aliphatic carbocycles. The Morgan fingerprint density at radius 3 is 2.48 bits per heavy atom. The van der Waals surface area contributed by atoms with Crippen LogP contribution in [0.2, 0.25) is 0 Å². The van der Waals surface area contributed by atoms with Gasteiger partial charge in [0.25, 0.3) is 0 Å². The summed E-state index contributed by atoms with van der Waals surface area (Å²) in [5.74, 6) is 3.07. The quantitative estimate of drug-likeness (QED) is 0.499. The molecule has 1 fully saturated rings. The Kier molecular flexibility index (Phi) is 8.52. The van der Waals surface area contributed by atoms with Crippen LogP contribution in [0, 0.1) is 23.7 Å². The predicted molar refractivity (Wildman–Crippen MR) is 111 cm³/mol. The van der Waals surface area contributed by atoms with E-state index in [9.17, 15) is 0 Å². The molecule has 1 heterocycles. The summed E-state index contributed by atoms with van der Waals surface area (Å²) in [6.07, 6.45) is 14.8. The van der Waals surface area contributed by atoms with Crippen LogP contribution in [0.25, 0.3) is 0 Å². The maximum Gasteiger partial charge on any atom is 0.0482 e. The predicted octanol–water partition coefficient (Wildman–Crippen LogP) is 7.07. The van der Waals surface area contributed by atoms with E-state index in [1.807, 2.05) is 0 Å². The third-order valence-corrected chi connectivity index (χ3v) is 6.78. The zero-order chi connectivity index (χ0) is 18.2. The van der Waals surface area contributed by atoms with E-state index in [4.69, 9.17) is 5.10 Å². The van der Waals surface area contributed by atoms with Crippen LogP contribution in [0.1, 0.15) is 105 Å². The summed E-state index contributed by atoms with van der Waals surface area (Å²) in [4.78, 5) is 0. The van der Waals surface area contributed by atoms with Gasteiger partial charge in [-0.1, -0.05) is 72.6 Å². The molecule has 0 aromatic rings. The number of hydrazone groups is 1. The first-order chi connectivity index (χ1) is 12.1. The number of nitrogens with one attached hydrogen (secondary N) is 1. The molecular weight excluding hydrogens is 304 g/mol. The highest BCUT2D eigenvalue weighted by molar-refractivity contribution is 5.91. The zero-order valence-electron chi connectivity index (χ0n) is 17.5. The fraction of sp³-hybridized carbons (Fsp3) is 0.870. The van der Waals surface area contributed by atoms with Crippen molar-refractivity contribution in [2.24, 2.45) is 28.8 Å². The molecule has 2 aliphatic rings. The van der Waals surface area contributed by atoms with Gasteiger partial charge in [0, 0.05) is 17.3 Å². The van der Waals surface area contributed by atoms with Crippen molar-refractivity contribution in [3.05, 3.63) is 11.3 Å². The van der Waals surface area contributed by atoms with E-state index in [0.29, 0.717) is 11.8 Å². The van der Waals surface area contributed by atoms with E-state index in [0.717, 1.165) is 11.8 Å². The molecule has 25 heavy (non-hydrogen) atoms. The van der Waals surface area contributed by atoms with Crippen molar-refractivity contribution < 1.29 is 0 Å². The van der Waals surface area contributed by atoms with Crippen LogP contribution in [0.15, 0.2) is 16.4 Å². The Balaban J connectivity index is 2.03. The molecule has 1 saturated carbocycles. The second-order valence-corrected chi connectivity index (χ2v) is 8.74. The summed E-state index contributed by atoms with van der Waals surface area (Å²) in [5.41, 5.74) is 7.86. The van der Waals surface area contributed by atoms with Crippen LogP contribution in [-0.2, 0) is 0 Å². The maximum absolute atomic E-state index is 4.82. The monoisotopic (exact) mass is 346 g/mol. The van der Waals surface area contributed by atoms with Gasteiger partial charge < -0.3 is 0 Å². The lowest BCUT2D eigenvalue weighted by molar-refractivity contribution is 0.270. The summed E-state index contributed by atoms with van der Waals surface area (Å²) < 4.78 is 0. The Morgan fingerprint density at radius 1 is 1.04 bits per heavy atom. The Labute approximate surface area is 156 Å². The maximum atomic E-state index is 4.82. The molecule has 4 unspecified atom stereocenters. The van der Waals surface area contributed by atoms with Crippen molar-refractivity contribution in [1.82, 2.24) is 5.43 Å². The lowest BCUT2D eigenvalue weighted by Gasteiger charge is -2.35. The molecule has 2 heteroatoms. The summed E-state index contributed by atoms with van der Waals surface area (Å²) in [7, 11) is 0. The SMILES string of the molecule is CCCCC(C)C1=NNC(C)=C2CCC(C(C)CCCC)CCCC12. The van der Waals surface area contributed by atoms with Gasteiger partial charge >= 0.3 is 0 Å². The lowest BCUT2D eigenvalue weighted by Crippen LogP contribution is -2.33. The minimum atomic E-state index is 0.624. The molecule has 0 bridgehead atoms. The molecule has 0 radical (unpaired) electrons. The zero-order valence-corrected chi connectivity index (χ0v) is 17.5. The molecular formula is C23H42N2. The van der Waals surface area contributed by atoms with E-state index in [1.165, 1.54) is 82.0 Å². The van der Waals surface area contributed by atoms with Crippen molar-refractivity contribution in [2.75, 3.05) is 0 Å². The van der Waals surface area contributed by atoms with E-state index in [-0.39, 0.29) is 0 Å². The summed E-state index contributed by atoms with van der Waals surface area (Å²) in [5, 5.41) is 4.82. The Hall–Kier alpha value is -0.790. The molecule has 0 spiro atoms. The Bertz CT molecular complexity index is 463. The van der Waals surface area contributed by atoms with Crippen LogP contribution >= 0.6 is 0 Å². The van der Waals surface area contributed by atoms with Gasteiger partial charge in [-0.3, -0.25) is 5.43 Å². The van der Waals surface area contributed by atoms with Crippen molar-refractivity contribution in [3.8, 4) is 0 Å². The van der Waals surface area contributed by atoms with Gasteiger partial charge in [-0.25, -0.2) is 0 Å². The Morgan fingerprint density at radius 2 is 1.76 bits per heavy atom. The minimum Gasteiger partial charge on any atom is -0.283 e. The van der Waals surface area contributed by atoms with Crippen LogP contribution in [0.4, 0.5) is 0 Å². The number of rotatable bonds is 8. The second-order valence-electron chi connectivity index (χ2n) is 8.74. The van der Waals surface area contributed by atoms with E-state index >= 15 is 0 Å². The number of hydrogen-bond acceptors (Lipinski definition) is 2. The smallest absolute Gasteiger partial charge is 0.0482 e. The van der Waals surface area contributed by atoms with Gasteiger partial charge in [0.15, 0.2) is 0 Å². The van der Waals surface area contributed by atoms with Gasteiger partial charge in [0.2, 0.25) is 0 Å².